The highest BCUT2D eigenvalue weighted by atomic mass is 15.3. The predicted molar refractivity (Wildman–Crippen MR) is 84.8 cm³/mol. The molecule has 1 unspecified atom stereocenters. The summed E-state index contributed by atoms with van der Waals surface area (Å²) in [5.41, 5.74) is 2.78. The van der Waals surface area contributed by atoms with Crippen LogP contribution in [-0.2, 0) is 6.42 Å². The Bertz CT molecular complexity index is 774. The van der Waals surface area contributed by atoms with Gasteiger partial charge in [-0.05, 0) is 32.4 Å². The third-order valence-electron chi connectivity index (χ3n) is 4.09. The summed E-state index contributed by atoms with van der Waals surface area (Å²) in [6, 6.07) is 0.314. The van der Waals surface area contributed by atoms with Gasteiger partial charge in [0.1, 0.15) is 5.84 Å². The molecule has 0 saturated carbocycles. The SMILES string of the molecule is Cc1ncc(C)n2nc(CCC3CN4C=CC=CC4=N3)nc12. The molecule has 0 amide bonds. The second kappa shape index (κ2) is 5.05. The van der Waals surface area contributed by atoms with E-state index in [1.165, 1.54) is 0 Å². The average Bonchev–Trinajstić information content (AvgIpc) is 3.13. The standard InChI is InChI=1S/C16H18N6/c1-11-9-17-12(2)16-19-14(20-22(11)16)7-6-13-10-21-8-4-3-5-15(21)18-13/h3-5,8-9,13H,6-7,10H2,1-2H3. The molecule has 0 fully saturated rings. The maximum Gasteiger partial charge on any atom is 0.177 e. The summed E-state index contributed by atoms with van der Waals surface area (Å²) < 4.78 is 1.88. The molecule has 0 N–H and O–H groups in total. The summed E-state index contributed by atoms with van der Waals surface area (Å²) in [4.78, 5) is 15.9. The van der Waals surface area contributed by atoms with Gasteiger partial charge in [-0.3, -0.25) is 9.98 Å². The van der Waals surface area contributed by atoms with Crippen LogP contribution < -0.4 is 0 Å². The first-order chi connectivity index (χ1) is 10.7. The molecule has 0 spiro atoms. The number of aromatic nitrogens is 4. The summed E-state index contributed by atoms with van der Waals surface area (Å²) in [6.45, 7) is 4.91. The molecule has 6 heteroatoms. The van der Waals surface area contributed by atoms with Crippen molar-refractivity contribution in [2.45, 2.75) is 32.7 Å². The lowest BCUT2D eigenvalue weighted by Crippen LogP contribution is -2.23. The van der Waals surface area contributed by atoms with Gasteiger partial charge in [0.05, 0.1) is 17.4 Å². The summed E-state index contributed by atoms with van der Waals surface area (Å²) in [5.74, 6) is 1.93. The predicted octanol–water partition coefficient (Wildman–Crippen LogP) is 1.84. The summed E-state index contributed by atoms with van der Waals surface area (Å²) >= 11 is 0. The van der Waals surface area contributed by atoms with Gasteiger partial charge in [-0.1, -0.05) is 6.08 Å². The van der Waals surface area contributed by atoms with E-state index in [4.69, 9.17) is 4.99 Å². The lowest BCUT2D eigenvalue weighted by Gasteiger charge is -2.15. The van der Waals surface area contributed by atoms with E-state index in [1.807, 2.05) is 36.7 Å². The molecular formula is C16H18N6. The van der Waals surface area contributed by atoms with Crippen molar-refractivity contribution >= 4 is 11.5 Å². The molecule has 0 radical (unpaired) electrons. The van der Waals surface area contributed by atoms with E-state index in [0.717, 1.165) is 48.1 Å². The van der Waals surface area contributed by atoms with Crippen molar-refractivity contribution < 1.29 is 0 Å². The Kier molecular flexibility index (Phi) is 3.03. The number of aliphatic imine (C=N–C) groups is 1. The number of hydrogen-bond acceptors (Lipinski definition) is 5. The number of amidine groups is 1. The number of aryl methyl sites for hydroxylation is 3. The molecule has 0 bridgehead atoms. The van der Waals surface area contributed by atoms with Gasteiger partial charge >= 0.3 is 0 Å². The van der Waals surface area contributed by atoms with Crippen molar-refractivity contribution in [3.63, 3.8) is 0 Å². The van der Waals surface area contributed by atoms with Crippen molar-refractivity contribution in [3.05, 3.63) is 47.8 Å². The molecule has 2 aromatic heterocycles. The Morgan fingerprint density at radius 1 is 1.27 bits per heavy atom. The van der Waals surface area contributed by atoms with Gasteiger partial charge in [0.25, 0.3) is 0 Å². The number of nitrogens with zero attached hydrogens (tertiary/aromatic N) is 6. The van der Waals surface area contributed by atoms with Gasteiger partial charge in [-0.15, -0.1) is 0 Å². The first kappa shape index (κ1) is 13.2. The van der Waals surface area contributed by atoms with Crippen LogP contribution in [0.5, 0.6) is 0 Å². The molecule has 112 valence electrons. The Morgan fingerprint density at radius 3 is 3.00 bits per heavy atom. The van der Waals surface area contributed by atoms with E-state index in [9.17, 15) is 0 Å². The maximum absolute atomic E-state index is 4.74. The number of allylic oxidation sites excluding steroid dienone is 2. The number of fused-ring (bicyclic) bond motifs is 2. The molecule has 0 aromatic carbocycles. The van der Waals surface area contributed by atoms with Crippen molar-refractivity contribution in [1.29, 1.82) is 0 Å². The van der Waals surface area contributed by atoms with Gasteiger partial charge in [0.15, 0.2) is 11.5 Å². The average molecular weight is 294 g/mol. The van der Waals surface area contributed by atoms with Crippen LogP contribution in [0.3, 0.4) is 0 Å². The van der Waals surface area contributed by atoms with E-state index in [-0.39, 0.29) is 0 Å². The zero-order chi connectivity index (χ0) is 15.1. The molecule has 6 nitrogen and oxygen atoms in total. The minimum absolute atomic E-state index is 0.314. The number of hydrogen-bond donors (Lipinski definition) is 0. The Morgan fingerprint density at radius 2 is 2.18 bits per heavy atom. The summed E-state index contributed by atoms with van der Waals surface area (Å²) in [7, 11) is 0. The van der Waals surface area contributed by atoms with E-state index in [1.54, 1.807) is 0 Å². The highest BCUT2D eigenvalue weighted by Gasteiger charge is 2.23. The third kappa shape index (κ3) is 2.20. The summed E-state index contributed by atoms with van der Waals surface area (Å²) in [6.07, 6.45) is 11.8. The molecule has 0 aliphatic carbocycles. The van der Waals surface area contributed by atoms with Gasteiger partial charge in [0, 0.05) is 25.4 Å². The lowest BCUT2D eigenvalue weighted by atomic mass is 10.1. The zero-order valence-corrected chi connectivity index (χ0v) is 12.8. The molecule has 2 aromatic rings. The zero-order valence-electron chi connectivity index (χ0n) is 12.8. The molecule has 4 heterocycles. The van der Waals surface area contributed by atoms with Crippen LogP contribution in [0.4, 0.5) is 0 Å². The highest BCUT2D eigenvalue weighted by molar-refractivity contribution is 5.96. The molecule has 0 saturated heterocycles. The quantitative estimate of drug-likeness (QED) is 0.866. The van der Waals surface area contributed by atoms with Crippen molar-refractivity contribution in [2.75, 3.05) is 6.54 Å². The van der Waals surface area contributed by atoms with Crippen LogP contribution in [-0.4, -0.2) is 42.9 Å². The lowest BCUT2D eigenvalue weighted by molar-refractivity contribution is 0.511. The summed E-state index contributed by atoms with van der Waals surface area (Å²) in [5, 5.41) is 4.60. The van der Waals surface area contributed by atoms with E-state index in [0.29, 0.717) is 6.04 Å². The van der Waals surface area contributed by atoms with Gasteiger partial charge in [-0.2, -0.15) is 5.10 Å². The first-order valence-corrected chi connectivity index (χ1v) is 7.58. The van der Waals surface area contributed by atoms with Crippen molar-refractivity contribution in [3.8, 4) is 0 Å². The van der Waals surface area contributed by atoms with Gasteiger partial charge in [-0.25, -0.2) is 9.50 Å². The fourth-order valence-corrected chi connectivity index (χ4v) is 2.89. The topological polar surface area (TPSA) is 58.7 Å². The smallest absolute Gasteiger partial charge is 0.177 e. The minimum atomic E-state index is 0.314. The Hall–Kier alpha value is -2.50. The van der Waals surface area contributed by atoms with E-state index < -0.39 is 0 Å². The molecule has 2 aliphatic heterocycles. The number of rotatable bonds is 3. The van der Waals surface area contributed by atoms with E-state index >= 15 is 0 Å². The van der Waals surface area contributed by atoms with Gasteiger partial charge < -0.3 is 4.90 Å². The van der Waals surface area contributed by atoms with Crippen LogP contribution in [0.25, 0.3) is 5.65 Å². The second-order valence-corrected chi connectivity index (χ2v) is 5.78. The van der Waals surface area contributed by atoms with Crippen LogP contribution in [0.1, 0.15) is 23.6 Å². The third-order valence-corrected chi connectivity index (χ3v) is 4.09. The van der Waals surface area contributed by atoms with E-state index in [2.05, 4.69) is 32.2 Å². The maximum atomic E-state index is 4.74. The fourth-order valence-electron chi connectivity index (χ4n) is 2.89. The monoisotopic (exact) mass is 294 g/mol. The van der Waals surface area contributed by atoms with Crippen LogP contribution >= 0.6 is 0 Å². The molecular weight excluding hydrogens is 276 g/mol. The highest BCUT2D eigenvalue weighted by Crippen LogP contribution is 2.18. The normalized spacial score (nSPS) is 19.8. The van der Waals surface area contributed by atoms with Crippen LogP contribution in [0.15, 0.2) is 35.6 Å². The van der Waals surface area contributed by atoms with Crippen molar-refractivity contribution in [1.82, 2.24) is 24.5 Å². The molecule has 1 atom stereocenters. The fraction of sp³-hybridized carbons (Fsp3) is 0.375. The molecule has 4 rings (SSSR count). The first-order valence-electron chi connectivity index (χ1n) is 7.58. The Labute approximate surface area is 128 Å². The minimum Gasteiger partial charge on any atom is -0.331 e. The van der Waals surface area contributed by atoms with Crippen molar-refractivity contribution in [2.24, 2.45) is 4.99 Å². The molecule has 2 aliphatic rings. The van der Waals surface area contributed by atoms with Crippen LogP contribution in [0.2, 0.25) is 0 Å². The second-order valence-electron chi connectivity index (χ2n) is 5.78. The largest absolute Gasteiger partial charge is 0.331 e. The molecule has 22 heavy (non-hydrogen) atoms. The van der Waals surface area contributed by atoms with Gasteiger partial charge in [0.2, 0.25) is 0 Å². The van der Waals surface area contributed by atoms with Crippen LogP contribution in [0, 0.1) is 13.8 Å². The Balaban J connectivity index is 1.50.